The van der Waals surface area contributed by atoms with Crippen molar-refractivity contribution >= 4 is 21.8 Å². The fourth-order valence-electron chi connectivity index (χ4n) is 2.61. The van der Waals surface area contributed by atoms with Crippen molar-refractivity contribution in [2.75, 3.05) is 25.9 Å². The molecule has 22 heavy (non-hydrogen) atoms. The Morgan fingerprint density at radius 1 is 1.23 bits per heavy atom. The van der Waals surface area contributed by atoms with Gasteiger partial charge in [-0.3, -0.25) is 9.59 Å². The first-order valence-corrected chi connectivity index (χ1v) is 9.73. The molecule has 2 fully saturated rings. The van der Waals surface area contributed by atoms with E-state index >= 15 is 0 Å². The number of sulfonamides is 1. The standard InChI is InChI=1S/C14H25N3O4S/c1-22(20,21)17-9-2-3-11(14(19)16-12-4-5-12)6-8-15-13(18)7-10-17/h11-12H,2-10H2,1H3,(H,15,18)(H,16,19). The van der Waals surface area contributed by atoms with Gasteiger partial charge in [-0.05, 0) is 32.1 Å². The highest BCUT2D eigenvalue weighted by molar-refractivity contribution is 7.88. The lowest BCUT2D eigenvalue weighted by molar-refractivity contribution is -0.126. The molecule has 1 atom stereocenters. The summed E-state index contributed by atoms with van der Waals surface area (Å²) in [6.45, 7) is 1.02. The lowest BCUT2D eigenvalue weighted by Crippen LogP contribution is -2.35. The van der Waals surface area contributed by atoms with E-state index in [4.69, 9.17) is 0 Å². The van der Waals surface area contributed by atoms with E-state index < -0.39 is 10.0 Å². The topological polar surface area (TPSA) is 95.6 Å². The summed E-state index contributed by atoms with van der Waals surface area (Å²) in [7, 11) is -3.32. The van der Waals surface area contributed by atoms with Crippen LogP contribution in [0, 0.1) is 5.92 Å². The Morgan fingerprint density at radius 3 is 2.59 bits per heavy atom. The largest absolute Gasteiger partial charge is 0.356 e. The van der Waals surface area contributed by atoms with Crippen molar-refractivity contribution in [1.29, 1.82) is 0 Å². The summed E-state index contributed by atoms with van der Waals surface area (Å²) < 4.78 is 24.8. The van der Waals surface area contributed by atoms with Gasteiger partial charge >= 0.3 is 0 Å². The molecular formula is C14H25N3O4S. The zero-order valence-corrected chi connectivity index (χ0v) is 13.8. The zero-order chi connectivity index (χ0) is 16.2. The van der Waals surface area contributed by atoms with Crippen molar-refractivity contribution < 1.29 is 18.0 Å². The Hall–Kier alpha value is -1.15. The molecule has 0 radical (unpaired) electrons. The molecule has 1 saturated carbocycles. The minimum atomic E-state index is -3.32. The number of nitrogens with one attached hydrogen (secondary N) is 2. The van der Waals surface area contributed by atoms with Gasteiger partial charge in [0.25, 0.3) is 0 Å². The molecule has 7 nitrogen and oxygen atoms in total. The lowest BCUT2D eigenvalue weighted by Gasteiger charge is -2.20. The molecule has 0 aromatic heterocycles. The van der Waals surface area contributed by atoms with Crippen molar-refractivity contribution in [3.8, 4) is 0 Å². The first-order valence-electron chi connectivity index (χ1n) is 7.88. The second-order valence-corrected chi connectivity index (χ2v) is 8.16. The third kappa shape index (κ3) is 5.57. The molecule has 8 heteroatoms. The van der Waals surface area contributed by atoms with Crippen molar-refractivity contribution in [1.82, 2.24) is 14.9 Å². The summed E-state index contributed by atoms with van der Waals surface area (Å²) in [5.41, 5.74) is 0. The summed E-state index contributed by atoms with van der Waals surface area (Å²) in [4.78, 5) is 23.9. The van der Waals surface area contributed by atoms with Crippen molar-refractivity contribution in [3.63, 3.8) is 0 Å². The van der Waals surface area contributed by atoms with Crippen LogP contribution in [-0.4, -0.2) is 56.5 Å². The van der Waals surface area contributed by atoms with Gasteiger partial charge in [0.2, 0.25) is 21.8 Å². The molecule has 1 aliphatic carbocycles. The third-order valence-electron chi connectivity index (χ3n) is 4.13. The maximum atomic E-state index is 12.2. The molecule has 1 saturated heterocycles. The number of carbonyl (C=O) groups excluding carboxylic acids is 2. The molecule has 1 unspecified atom stereocenters. The van der Waals surface area contributed by atoms with Crippen LogP contribution in [0.1, 0.15) is 38.5 Å². The van der Waals surface area contributed by atoms with Crippen molar-refractivity contribution in [2.45, 2.75) is 44.6 Å². The van der Waals surface area contributed by atoms with Gasteiger partial charge in [0.05, 0.1) is 6.26 Å². The summed E-state index contributed by atoms with van der Waals surface area (Å²) in [5, 5.41) is 5.76. The first-order chi connectivity index (χ1) is 10.4. The average Bonchev–Trinajstić information content (AvgIpc) is 3.22. The number of amides is 2. The van der Waals surface area contributed by atoms with E-state index in [0.717, 1.165) is 19.1 Å². The highest BCUT2D eigenvalue weighted by atomic mass is 32.2. The minimum absolute atomic E-state index is 0.0295. The fraction of sp³-hybridized carbons (Fsp3) is 0.857. The summed E-state index contributed by atoms with van der Waals surface area (Å²) in [6.07, 6.45) is 5.26. The second-order valence-electron chi connectivity index (χ2n) is 6.17. The number of nitrogens with zero attached hydrogens (tertiary/aromatic N) is 1. The third-order valence-corrected chi connectivity index (χ3v) is 5.43. The van der Waals surface area contributed by atoms with Gasteiger partial charge in [0.1, 0.15) is 0 Å². The van der Waals surface area contributed by atoms with E-state index in [1.807, 2.05) is 0 Å². The normalized spacial score (nSPS) is 25.9. The van der Waals surface area contributed by atoms with Crippen LogP contribution in [0.5, 0.6) is 0 Å². The summed E-state index contributed by atoms with van der Waals surface area (Å²) >= 11 is 0. The number of hydrogen-bond acceptors (Lipinski definition) is 4. The van der Waals surface area contributed by atoms with E-state index in [1.165, 1.54) is 4.31 Å². The van der Waals surface area contributed by atoms with Gasteiger partial charge in [-0.15, -0.1) is 0 Å². The Kier molecular flexibility index (Phi) is 5.80. The van der Waals surface area contributed by atoms with Gasteiger partial charge < -0.3 is 10.6 Å². The predicted octanol–water partition coefficient (Wildman–Crippen LogP) is -0.167. The van der Waals surface area contributed by atoms with Crippen LogP contribution in [0.15, 0.2) is 0 Å². The highest BCUT2D eigenvalue weighted by Gasteiger charge is 2.28. The molecule has 0 bridgehead atoms. The van der Waals surface area contributed by atoms with Gasteiger partial charge in [0, 0.05) is 38.0 Å². The van der Waals surface area contributed by atoms with Crippen LogP contribution in [-0.2, 0) is 19.6 Å². The number of carbonyl (C=O) groups is 2. The Morgan fingerprint density at radius 2 is 1.95 bits per heavy atom. The zero-order valence-electron chi connectivity index (χ0n) is 13.0. The number of hydrogen-bond donors (Lipinski definition) is 2. The van der Waals surface area contributed by atoms with Crippen molar-refractivity contribution in [2.24, 2.45) is 5.92 Å². The molecular weight excluding hydrogens is 306 g/mol. The average molecular weight is 331 g/mol. The van der Waals surface area contributed by atoms with Crippen LogP contribution in [0.3, 0.4) is 0 Å². The van der Waals surface area contributed by atoms with E-state index in [9.17, 15) is 18.0 Å². The predicted molar refractivity (Wildman–Crippen MR) is 82.5 cm³/mol. The molecule has 2 rings (SSSR count). The minimum Gasteiger partial charge on any atom is -0.356 e. The molecule has 2 amide bonds. The molecule has 0 aromatic carbocycles. The summed E-state index contributed by atoms with van der Waals surface area (Å²) in [6, 6.07) is 0.313. The smallest absolute Gasteiger partial charge is 0.223 e. The van der Waals surface area contributed by atoms with Gasteiger partial charge in [-0.2, -0.15) is 0 Å². The van der Waals surface area contributed by atoms with Crippen molar-refractivity contribution in [3.05, 3.63) is 0 Å². The molecule has 0 aromatic rings. The van der Waals surface area contributed by atoms with Gasteiger partial charge in [0.15, 0.2) is 0 Å². The Bertz CT molecular complexity index is 516. The molecule has 1 heterocycles. The van der Waals surface area contributed by atoms with Crippen LogP contribution in [0.25, 0.3) is 0 Å². The van der Waals surface area contributed by atoms with Gasteiger partial charge in [-0.25, -0.2) is 12.7 Å². The first kappa shape index (κ1) is 17.2. The van der Waals surface area contributed by atoms with E-state index in [0.29, 0.717) is 38.4 Å². The van der Waals surface area contributed by atoms with E-state index in [-0.39, 0.29) is 30.7 Å². The quantitative estimate of drug-likeness (QED) is 0.751. The lowest BCUT2D eigenvalue weighted by atomic mass is 9.98. The molecule has 1 aliphatic heterocycles. The molecule has 126 valence electrons. The highest BCUT2D eigenvalue weighted by Crippen LogP contribution is 2.21. The molecule has 0 spiro atoms. The van der Waals surface area contributed by atoms with Gasteiger partial charge in [-0.1, -0.05) is 0 Å². The molecule has 2 aliphatic rings. The Labute approximate surface area is 131 Å². The maximum Gasteiger partial charge on any atom is 0.223 e. The van der Waals surface area contributed by atoms with Crippen LogP contribution < -0.4 is 10.6 Å². The Balaban J connectivity index is 1.97. The monoisotopic (exact) mass is 331 g/mol. The van der Waals surface area contributed by atoms with E-state index in [1.54, 1.807) is 0 Å². The second kappa shape index (κ2) is 7.41. The maximum absolute atomic E-state index is 12.2. The van der Waals surface area contributed by atoms with Crippen LogP contribution >= 0.6 is 0 Å². The SMILES string of the molecule is CS(=O)(=O)N1CCCC(C(=O)NC2CC2)CCNC(=O)CC1. The fourth-order valence-corrected chi connectivity index (χ4v) is 3.49. The molecule has 2 N–H and O–H groups in total. The van der Waals surface area contributed by atoms with Crippen LogP contribution in [0.2, 0.25) is 0 Å². The number of rotatable bonds is 3. The van der Waals surface area contributed by atoms with Crippen LogP contribution in [0.4, 0.5) is 0 Å². The van der Waals surface area contributed by atoms with E-state index in [2.05, 4.69) is 10.6 Å². The summed E-state index contributed by atoms with van der Waals surface area (Å²) in [5.74, 6) is -0.306.